The number of hydrogen-bond acceptors (Lipinski definition) is 3. The summed E-state index contributed by atoms with van der Waals surface area (Å²) in [5, 5.41) is 9.43. The number of rotatable bonds is 12. The smallest absolute Gasteiger partial charge is 0.370 e. The van der Waals surface area contributed by atoms with Crippen LogP contribution in [-0.4, -0.2) is 30.2 Å². The molecule has 1 unspecified atom stereocenters. The van der Waals surface area contributed by atoms with E-state index >= 15 is 0 Å². The maximum Gasteiger partial charge on any atom is 0.370 e. The molecule has 2 aromatic rings. The van der Waals surface area contributed by atoms with E-state index in [4.69, 9.17) is 21.1 Å². The zero-order valence-electron chi connectivity index (χ0n) is 17.2. The highest BCUT2D eigenvalue weighted by molar-refractivity contribution is 6.17. The van der Waals surface area contributed by atoms with Crippen molar-refractivity contribution < 1.29 is 19.4 Å². The summed E-state index contributed by atoms with van der Waals surface area (Å²) in [6.07, 6.45) is 8.19. The molecule has 0 saturated carbocycles. The molecule has 0 radical (unpaired) electrons. The number of ether oxygens (including phenoxy) is 2. The molecule has 0 bridgehead atoms. The van der Waals surface area contributed by atoms with Crippen LogP contribution in [0.1, 0.15) is 44.1 Å². The van der Waals surface area contributed by atoms with Crippen LogP contribution in [-0.2, 0) is 19.9 Å². The predicted molar refractivity (Wildman–Crippen MR) is 120 cm³/mol. The Morgan fingerprint density at radius 3 is 2.33 bits per heavy atom. The van der Waals surface area contributed by atoms with Crippen molar-refractivity contribution in [2.75, 3.05) is 19.1 Å². The highest BCUT2D eigenvalue weighted by Crippen LogP contribution is 2.40. The van der Waals surface area contributed by atoms with Gasteiger partial charge in [-0.2, -0.15) is 0 Å². The first-order chi connectivity index (χ1) is 14.7. The second-order valence-corrected chi connectivity index (χ2v) is 7.94. The van der Waals surface area contributed by atoms with E-state index < -0.39 is 11.6 Å². The van der Waals surface area contributed by atoms with Crippen LogP contribution in [0.4, 0.5) is 0 Å². The van der Waals surface area contributed by atoms with E-state index in [2.05, 4.69) is 0 Å². The number of unbranched alkanes of at least 4 members (excludes halogenated alkanes) is 5. The molecule has 0 aromatic heterocycles. The van der Waals surface area contributed by atoms with Gasteiger partial charge in [-0.1, -0.05) is 80.3 Å². The average molecular weight is 429 g/mol. The highest BCUT2D eigenvalue weighted by atomic mass is 35.5. The molecule has 1 N–H and O–H groups in total. The van der Waals surface area contributed by atoms with Crippen LogP contribution in [0.3, 0.4) is 0 Å². The van der Waals surface area contributed by atoms with Gasteiger partial charge < -0.3 is 14.6 Å². The lowest BCUT2D eigenvalue weighted by molar-refractivity contribution is -0.136. The fourth-order valence-electron chi connectivity index (χ4n) is 3.80. The van der Waals surface area contributed by atoms with Gasteiger partial charge in [0.1, 0.15) is 12.2 Å². The molecule has 1 heterocycles. The summed E-state index contributed by atoms with van der Waals surface area (Å²) in [6, 6.07) is 18.0. The molecule has 4 nitrogen and oxygen atoms in total. The van der Waals surface area contributed by atoms with Crippen LogP contribution >= 0.6 is 11.6 Å². The molecular formula is C25H29ClO4. The van der Waals surface area contributed by atoms with Crippen molar-refractivity contribution >= 4 is 17.6 Å². The Balaban J connectivity index is 1.77. The lowest BCUT2D eigenvalue weighted by Gasteiger charge is -2.29. The van der Waals surface area contributed by atoms with Gasteiger partial charge in [-0.3, -0.25) is 0 Å². The largest absolute Gasteiger partial charge is 0.483 e. The third-order valence-electron chi connectivity index (χ3n) is 5.37. The minimum absolute atomic E-state index is 0.0565. The number of hydrogen-bond donors (Lipinski definition) is 1. The molecule has 1 atom stereocenters. The van der Waals surface area contributed by atoms with E-state index in [1.807, 2.05) is 54.6 Å². The quantitative estimate of drug-likeness (QED) is 0.325. The molecule has 0 amide bonds. The Kier molecular flexibility index (Phi) is 8.35. The molecule has 0 fully saturated rings. The number of alkyl halides is 1. The minimum Gasteiger partial charge on any atom is -0.483 e. The van der Waals surface area contributed by atoms with Crippen LogP contribution in [0.5, 0.6) is 0 Å². The lowest BCUT2D eigenvalue weighted by atomic mass is 9.87. The number of halogens is 1. The van der Waals surface area contributed by atoms with E-state index in [-0.39, 0.29) is 12.4 Å². The summed E-state index contributed by atoms with van der Waals surface area (Å²) in [5.41, 5.74) is 2.10. The molecule has 3 rings (SSSR count). The van der Waals surface area contributed by atoms with Crippen molar-refractivity contribution in [3.05, 3.63) is 72.0 Å². The number of benzene rings is 2. The van der Waals surface area contributed by atoms with E-state index in [0.29, 0.717) is 6.61 Å². The van der Waals surface area contributed by atoms with Crippen LogP contribution in [0.2, 0.25) is 0 Å². The summed E-state index contributed by atoms with van der Waals surface area (Å²) >= 11 is 5.72. The molecule has 1 aliphatic rings. The van der Waals surface area contributed by atoms with Crippen LogP contribution in [0.15, 0.2) is 66.4 Å². The van der Waals surface area contributed by atoms with Gasteiger partial charge in [0.2, 0.25) is 5.76 Å². The summed E-state index contributed by atoms with van der Waals surface area (Å²) < 4.78 is 11.9. The second-order valence-electron chi connectivity index (χ2n) is 7.56. The van der Waals surface area contributed by atoms with Crippen molar-refractivity contribution in [2.24, 2.45) is 0 Å². The Labute approximate surface area is 183 Å². The second kappa shape index (κ2) is 11.2. The van der Waals surface area contributed by atoms with Crippen molar-refractivity contribution in [3.8, 4) is 11.1 Å². The number of carboxylic acids is 1. The van der Waals surface area contributed by atoms with E-state index in [1.165, 1.54) is 6.42 Å². The third kappa shape index (κ3) is 5.65. The Hall–Kier alpha value is -2.30. The van der Waals surface area contributed by atoms with Gasteiger partial charge in [0.05, 0.1) is 0 Å². The zero-order valence-corrected chi connectivity index (χ0v) is 17.9. The van der Waals surface area contributed by atoms with Gasteiger partial charge in [-0.05, 0) is 29.5 Å². The zero-order chi connectivity index (χ0) is 21.2. The summed E-state index contributed by atoms with van der Waals surface area (Å²) in [7, 11) is 0. The summed E-state index contributed by atoms with van der Waals surface area (Å²) in [6.45, 7) is 0.708. The fraction of sp³-hybridized carbons (Fsp3) is 0.400. The molecule has 2 aromatic carbocycles. The number of aliphatic carboxylic acids is 1. The fourth-order valence-corrected chi connectivity index (χ4v) is 3.99. The third-order valence-corrected chi connectivity index (χ3v) is 5.64. The van der Waals surface area contributed by atoms with Crippen LogP contribution in [0.25, 0.3) is 11.1 Å². The Morgan fingerprint density at radius 2 is 1.63 bits per heavy atom. The van der Waals surface area contributed by atoms with Crippen molar-refractivity contribution in [2.45, 2.75) is 44.1 Å². The van der Waals surface area contributed by atoms with Gasteiger partial charge in [-0.15, -0.1) is 11.6 Å². The van der Waals surface area contributed by atoms with Crippen molar-refractivity contribution in [3.63, 3.8) is 0 Å². The topological polar surface area (TPSA) is 55.8 Å². The predicted octanol–water partition coefficient (Wildman–Crippen LogP) is 6.14. The molecule has 160 valence electrons. The normalized spacial score (nSPS) is 18.1. The molecule has 0 saturated heterocycles. The molecule has 0 aliphatic carbocycles. The van der Waals surface area contributed by atoms with Gasteiger partial charge >= 0.3 is 5.97 Å². The first-order valence-electron chi connectivity index (χ1n) is 10.6. The van der Waals surface area contributed by atoms with Crippen molar-refractivity contribution in [1.29, 1.82) is 0 Å². The van der Waals surface area contributed by atoms with E-state index in [9.17, 15) is 9.90 Å². The molecule has 30 heavy (non-hydrogen) atoms. The number of carbonyl (C=O) groups is 1. The minimum atomic E-state index is -1.07. The highest BCUT2D eigenvalue weighted by Gasteiger charge is 2.41. The van der Waals surface area contributed by atoms with Crippen LogP contribution < -0.4 is 0 Å². The maximum atomic E-state index is 11.5. The standard InChI is InChI=1S/C25H29ClO4/c26-16-10-3-1-2-4-11-17-30-25(18-23(24(27)28)29-19-25)22-15-9-8-14-21(22)20-12-6-5-7-13-20/h5-9,12-15,18H,1-4,10-11,16-17,19H2,(H,27,28). The molecule has 5 heteroatoms. The average Bonchev–Trinajstić information content (AvgIpc) is 3.22. The van der Waals surface area contributed by atoms with Crippen LogP contribution in [0, 0.1) is 0 Å². The SMILES string of the molecule is O=C(O)C1=CC(OCCCCCCCCCl)(c2ccccc2-c2ccccc2)CO1. The van der Waals surface area contributed by atoms with E-state index in [1.54, 1.807) is 6.08 Å². The Morgan fingerprint density at radius 1 is 0.967 bits per heavy atom. The van der Waals surface area contributed by atoms with Gasteiger partial charge in [0, 0.05) is 18.6 Å². The van der Waals surface area contributed by atoms with Gasteiger partial charge in [0.15, 0.2) is 0 Å². The number of carboxylic acid groups (broad SMARTS) is 1. The maximum absolute atomic E-state index is 11.5. The van der Waals surface area contributed by atoms with Gasteiger partial charge in [-0.25, -0.2) is 4.79 Å². The monoisotopic (exact) mass is 428 g/mol. The molecule has 1 aliphatic heterocycles. The van der Waals surface area contributed by atoms with Gasteiger partial charge in [0.25, 0.3) is 0 Å². The molecule has 0 spiro atoms. The first kappa shape index (κ1) is 22.4. The summed E-state index contributed by atoms with van der Waals surface area (Å²) in [4.78, 5) is 11.5. The van der Waals surface area contributed by atoms with Crippen molar-refractivity contribution in [1.82, 2.24) is 0 Å². The van der Waals surface area contributed by atoms with E-state index in [0.717, 1.165) is 54.7 Å². The summed E-state index contributed by atoms with van der Waals surface area (Å²) in [5.74, 6) is -0.402. The first-order valence-corrected chi connectivity index (χ1v) is 11.1. The molecular weight excluding hydrogens is 400 g/mol. The Bertz CT molecular complexity index is 849. The lowest BCUT2D eigenvalue weighted by Crippen LogP contribution is -2.30.